The highest BCUT2D eigenvalue weighted by Gasteiger charge is 2.25. The van der Waals surface area contributed by atoms with Crippen LogP contribution < -0.4 is 5.73 Å². The first kappa shape index (κ1) is 12.8. The first-order chi connectivity index (χ1) is 7.15. The van der Waals surface area contributed by atoms with E-state index in [1.807, 2.05) is 18.1 Å². The first-order valence-electron chi connectivity index (χ1n) is 5.29. The highest BCUT2D eigenvalue weighted by Crippen LogP contribution is 2.10. The maximum absolute atomic E-state index is 11.7. The Labute approximate surface area is 95.5 Å². The van der Waals surface area contributed by atoms with E-state index in [-0.39, 0.29) is 18.1 Å². The Bertz CT molecular complexity index is 212. The van der Waals surface area contributed by atoms with E-state index in [1.165, 1.54) is 0 Å². The molecule has 1 heterocycles. The number of carbonyl (C=O) groups is 1. The average molecular weight is 232 g/mol. The number of hydrogen-bond donors (Lipinski definition) is 1. The number of hydrogen-bond acceptors (Lipinski definition) is 4. The van der Waals surface area contributed by atoms with Gasteiger partial charge in [0, 0.05) is 31.3 Å². The highest BCUT2D eigenvalue weighted by atomic mass is 32.2. The van der Waals surface area contributed by atoms with E-state index in [9.17, 15) is 4.79 Å². The van der Waals surface area contributed by atoms with Crippen LogP contribution in [0.25, 0.3) is 0 Å². The minimum atomic E-state index is -0.0128. The van der Waals surface area contributed by atoms with Crippen LogP contribution in [0.2, 0.25) is 0 Å². The third-order valence-corrected chi connectivity index (χ3v) is 3.17. The average Bonchev–Trinajstić information content (AvgIpc) is 2.26. The molecule has 0 aromatic carbocycles. The van der Waals surface area contributed by atoms with Gasteiger partial charge in [-0.3, -0.25) is 4.79 Å². The summed E-state index contributed by atoms with van der Waals surface area (Å²) < 4.78 is 5.50. The van der Waals surface area contributed by atoms with E-state index in [4.69, 9.17) is 10.5 Å². The van der Waals surface area contributed by atoms with Gasteiger partial charge in [-0.25, -0.2) is 0 Å². The topological polar surface area (TPSA) is 55.6 Å². The van der Waals surface area contributed by atoms with Crippen molar-refractivity contribution in [1.29, 1.82) is 0 Å². The number of nitrogens with zero attached hydrogens (tertiary/aromatic N) is 1. The molecule has 1 aliphatic rings. The Balaban J connectivity index is 2.38. The highest BCUT2D eigenvalue weighted by molar-refractivity contribution is 7.98. The minimum Gasteiger partial charge on any atom is -0.373 e. The third-order valence-electron chi connectivity index (χ3n) is 2.55. The Kier molecular flexibility index (Phi) is 5.42. The van der Waals surface area contributed by atoms with Crippen LogP contribution in [0.1, 0.15) is 13.3 Å². The first-order valence-corrected chi connectivity index (χ1v) is 6.68. The summed E-state index contributed by atoms with van der Waals surface area (Å²) in [5, 5.41) is 0. The molecule has 0 spiro atoms. The molecule has 0 aromatic heterocycles. The molecule has 2 atom stereocenters. The van der Waals surface area contributed by atoms with Crippen LogP contribution in [-0.2, 0) is 9.53 Å². The van der Waals surface area contributed by atoms with Crippen LogP contribution >= 0.6 is 11.8 Å². The molecular weight excluding hydrogens is 212 g/mol. The second kappa shape index (κ2) is 6.35. The minimum absolute atomic E-state index is 0.00280. The predicted molar refractivity (Wildman–Crippen MR) is 63.0 cm³/mol. The second-order valence-corrected chi connectivity index (χ2v) is 4.84. The molecule has 1 fully saturated rings. The third kappa shape index (κ3) is 4.01. The van der Waals surface area contributed by atoms with E-state index in [0.29, 0.717) is 26.1 Å². The van der Waals surface area contributed by atoms with Crippen molar-refractivity contribution in [2.45, 2.75) is 25.5 Å². The van der Waals surface area contributed by atoms with Gasteiger partial charge in [-0.2, -0.15) is 11.8 Å². The van der Waals surface area contributed by atoms with Crippen molar-refractivity contribution in [3.63, 3.8) is 0 Å². The standard InChI is InChI=1S/C10H20N2O2S/c1-8(11)9-7-12(4-5-14-9)10(13)3-6-15-2/h8-9H,3-7,11H2,1-2H3. The summed E-state index contributed by atoms with van der Waals surface area (Å²) in [6, 6.07) is -0.0128. The molecular formula is C10H20N2O2S. The zero-order valence-corrected chi connectivity index (χ0v) is 10.3. The van der Waals surface area contributed by atoms with Gasteiger partial charge in [0.25, 0.3) is 0 Å². The molecule has 0 bridgehead atoms. The van der Waals surface area contributed by atoms with Gasteiger partial charge in [0.1, 0.15) is 0 Å². The van der Waals surface area contributed by atoms with Gasteiger partial charge in [-0.05, 0) is 13.2 Å². The van der Waals surface area contributed by atoms with Crippen molar-refractivity contribution in [2.24, 2.45) is 5.73 Å². The molecule has 0 radical (unpaired) electrons. The Morgan fingerprint density at radius 3 is 3.07 bits per heavy atom. The molecule has 5 heteroatoms. The SMILES string of the molecule is CSCCC(=O)N1CCOC(C(C)N)C1. The number of ether oxygens (including phenoxy) is 1. The van der Waals surface area contributed by atoms with E-state index in [0.717, 1.165) is 5.75 Å². The number of amides is 1. The van der Waals surface area contributed by atoms with Gasteiger partial charge in [0.15, 0.2) is 0 Å². The lowest BCUT2D eigenvalue weighted by molar-refractivity contribution is -0.138. The normalized spacial score (nSPS) is 23.9. The smallest absolute Gasteiger partial charge is 0.223 e. The molecule has 1 rings (SSSR count). The van der Waals surface area contributed by atoms with Crippen molar-refractivity contribution < 1.29 is 9.53 Å². The number of carbonyl (C=O) groups excluding carboxylic acids is 1. The van der Waals surface area contributed by atoms with Crippen molar-refractivity contribution >= 4 is 17.7 Å². The Morgan fingerprint density at radius 1 is 1.73 bits per heavy atom. The molecule has 2 unspecified atom stereocenters. The van der Waals surface area contributed by atoms with Crippen molar-refractivity contribution in [1.82, 2.24) is 4.90 Å². The lowest BCUT2D eigenvalue weighted by Crippen LogP contribution is -2.51. The molecule has 0 saturated carbocycles. The molecule has 4 nitrogen and oxygen atoms in total. The second-order valence-electron chi connectivity index (χ2n) is 3.85. The zero-order chi connectivity index (χ0) is 11.3. The number of nitrogens with two attached hydrogens (primary N) is 1. The quantitative estimate of drug-likeness (QED) is 0.758. The van der Waals surface area contributed by atoms with E-state index in [2.05, 4.69) is 0 Å². The summed E-state index contributed by atoms with van der Waals surface area (Å²) in [7, 11) is 0. The van der Waals surface area contributed by atoms with E-state index in [1.54, 1.807) is 11.8 Å². The van der Waals surface area contributed by atoms with Crippen LogP contribution in [-0.4, -0.2) is 54.7 Å². The monoisotopic (exact) mass is 232 g/mol. The van der Waals surface area contributed by atoms with Crippen LogP contribution in [0.15, 0.2) is 0 Å². The fourth-order valence-electron chi connectivity index (χ4n) is 1.57. The van der Waals surface area contributed by atoms with Crippen molar-refractivity contribution in [3.05, 3.63) is 0 Å². The fraction of sp³-hybridized carbons (Fsp3) is 0.900. The van der Waals surface area contributed by atoms with Crippen molar-refractivity contribution in [3.8, 4) is 0 Å². The Morgan fingerprint density at radius 2 is 2.47 bits per heavy atom. The summed E-state index contributed by atoms with van der Waals surface area (Å²) in [6.45, 7) is 3.87. The summed E-state index contributed by atoms with van der Waals surface area (Å²) in [4.78, 5) is 13.6. The van der Waals surface area contributed by atoms with E-state index < -0.39 is 0 Å². The number of rotatable bonds is 4. The molecule has 88 valence electrons. The largest absolute Gasteiger partial charge is 0.373 e. The fourth-order valence-corrected chi connectivity index (χ4v) is 1.95. The molecule has 15 heavy (non-hydrogen) atoms. The molecule has 0 aliphatic carbocycles. The van der Waals surface area contributed by atoms with Gasteiger partial charge in [0.05, 0.1) is 12.7 Å². The summed E-state index contributed by atoms with van der Waals surface area (Å²) in [5.41, 5.74) is 5.76. The van der Waals surface area contributed by atoms with Gasteiger partial charge in [0.2, 0.25) is 5.91 Å². The molecule has 1 saturated heterocycles. The van der Waals surface area contributed by atoms with Crippen LogP contribution in [0, 0.1) is 0 Å². The van der Waals surface area contributed by atoms with Gasteiger partial charge < -0.3 is 15.4 Å². The molecule has 1 amide bonds. The van der Waals surface area contributed by atoms with Gasteiger partial charge in [-0.1, -0.05) is 0 Å². The van der Waals surface area contributed by atoms with E-state index >= 15 is 0 Å². The summed E-state index contributed by atoms with van der Waals surface area (Å²) >= 11 is 1.70. The Hall–Kier alpha value is -0.260. The maximum Gasteiger partial charge on any atom is 0.223 e. The lowest BCUT2D eigenvalue weighted by Gasteiger charge is -2.34. The summed E-state index contributed by atoms with van der Waals surface area (Å²) in [6.07, 6.45) is 2.63. The number of thioether (sulfide) groups is 1. The lowest BCUT2D eigenvalue weighted by atomic mass is 10.1. The molecule has 1 aliphatic heterocycles. The van der Waals surface area contributed by atoms with Crippen LogP contribution in [0.4, 0.5) is 0 Å². The molecule has 2 N–H and O–H groups in total. The maximum atomic E-state index is 11.7. The van der Waals surface area contributed by atoms with Gasteiger partial charge in [-0.15, -0.1) is 0 Å². The predicted octanol–water partition coefficient (Wildman–Crippen LogP) is 0.314. The number of morpholine rings is 1. The summed E-state index contributed by atoms with van der Waals surface area (Å²) in [5.74, 6) is 1.11. The van der Waals surface area contributed by atoms with Crippen molar-refractivity contribution in [2.75, 3.05) is 31.7 Å². The van der Waals surface area contributed by atoms with Crippen LogP contribution in [0.5, 0.6) is 0 Å². The van der Waals surface area contributed by atoms with Crippen LogP contribution in [0.3, 0.4) is 0 Å². The molecule has 0 aromatic rings. The van der Waals surface area contributed by atoms with Gasteiger partial charge >= 0.3 is 0 Å². The zero-order valence-electron chi connectivity index (χ0n) is 9.44.